The van der Waals surface area contributed by atoms with Crippen LogP contribution < -0.4 is 0 Å². The minimum absolute atomic E-state index is 0.297. The summed E-state index contributed by atoms with van der Waals surface area (Å²) in [7, 11) is 0. The molecule has 0 aromatic rings. The van der Waals surface area contributed by atoms with Gasteiger partial charge in [-0.1, -0.05) is 13.3 Å². The number of esters is 1. The predicted molar refractivity (Wildman–Crippen MR) is 65.9 cm³/mol. The Labute approximate surface area is 108 Å². The van der Waals surface area contributed by atoms with Crippen molar-refractivity contribution in [1.82, 2.24) is 0 Å². The zero-order chi connectivity index (χ0) is 13.8. The van der Waals surface area contributed by atoms with E-state index >= 15 is 0 Å². The number of carbonyl (C=O) groups excluding carboxylic acids is 1. The highest BCUT2D eigenvalue weighted by atomic mass is 16.7. The molecule has 1 aliphatic heterocycles. The first kappa shape index (κ1) is 15.4. The smallest absolute Gasteiger partial charge is 0.314 e. The molecular formula is C13H24O5. The zero-order valence-electron chi connectivity index (χ0n) is 11.6. The van der Waals surface area contributed by atoms with Crippen molar-refractivity contribution in [1.29, 1.82) is 0 Å². The number of aliphatic hydroxyl groups excluding tert-OH is 1. The van der Waals surface area contributed by atoms with E-state index in [0.717, 1.165) is 6.42 Å². The topological polar surface area (TPSA) is 65.0 Å². The van der Waals surface area contributed by atoms with Crippen LogP contribution in [0.25, 0.3) is 0 Å². The van der Waals surface area contributed by atoms with Gasteiger partial charge in [0.25, 0.3) is 0 Å². The van der Waals surface area contributed by atoms with Gasteiger partial charge in [0, 0.05) is 0 Å². The van der Waals surface area contributed by atoms with E-state index < -0.39 is 29.9 Å². The average molecular weight is 260 g/mol. The summed E-state index contributed by atoms with van der Waals surface area (Å²) in [5, 5.41) is 10.1. The molecule has 106 valence electrons. The maximum atomic E-state index is 11.9. The molecule has 0 amide bonds. The molecule has 5 heteroatoms. The lowest BCUT2D eigenvalue weighted by Crippen LogP contribution is -2.41. The molecule has 1 N–H and O–H groups in total. The molecule has 0 bridgehead atoms. The van der Waals surface area contributed by atoms with Gasteiger partial charge in [-0.15, -0.1) is 0 Å². The second-order valence-electron chi connectivity index (χ2n) is 5.00. The van der Waals surface area contributed by atoms with Gasteiger partial charge in [0.2, 0.25) is 0 Å². The molecule has 1 rings (SSSR count). The lowest BCUT2D eigenvalue weighted by molar-refractivity contribution is -0.170. The Morgan fingerprint density at radius 3 is 2.61 bits per heavy atom. The highest BCUT2D eigenvalue weighted by molar-refractivity contribution is 5.74. The summed E-state index contributed by atoms with van der Waals surface area (Å²) < 4.78 is 16.1. The molecule has 1 aliphatic rings. The van der Waals surface area contributed by atoms with E-state index in [1.807, 2.05) is 6.92 Å². The SMILES string of the molecule is CCC[C@@H](O)C(C(=O)OCC)[C@H]1COC(C)(C)O1. The van der Waals surface area contributed by atoms with Crippen LogP contribution in [0, 0.1) is 5.92 Å². The zero-order valence-corrected chi connectivity index (χ0v) is 11.6. The maximum Gasteiger partial charge on any atom is 0.314 e. The van der Waals surface area contributed by atoms with Crippen LogP contribution in [0.15, 0.2) is 0 Å². The lowest BCUT2D eigenvalue weighted by atomic mass is 9.93. The van der Waals surface area contributed by atoms with Crippen molar-refractivity contribution in [2.24, 2.45) is 5.92 Å². The third-order valence-corrected chi connectivity index (χ3v) is 2.99. The van der Waals surface area contributed by atoms with Crippen molar-refractivity contribution >= 4 is 5.97 Å². The predicted octanol–water partition coefficient (Wildman–Crippen LogP) is 1.48. The van der Waals surface area contributed by atoms with Gasteiger partial charge in [-0.25, -0.2) is 0 Å². The first-order chi connectivity index (χ1) is 8.41. The van der Waals surface area contributed by atoms with E-state index in [9.17, 15) is 9.90 Å². The Hall–Kier alpha value is -0.650. The van der Waals surface area contributed by atoms with Crippen molar-refractivity contribution in [3.63, 3.8) is 0 Å². The second kappa shape index (κ2) is 6.50. The van der Waals surface area contributed by atoms with Gasteiger partial charge in [-0.2, -0.15) is 0 Å². The largest absolute Gasteiger partial charge is 0.466 e. The van der Waals surface area contributed by atoms with Crippen LogP contribution in [0.1, 0.15) is 40.5 Å². The number of hydrogen-bond acceptors (Lipinski definition) is 5. The molecule has 18 heavy (non-hydrogen) atoms. The maximum absolute atomic E-state index is 11.9. The quantitative estimate of drug-likeness (QED) is 0.733. The van der Waals surface area contributed by atoms with Crippen LogP contribution in [-0.4, -0.2) is 42.3 Å². The summed E-state index contributed by atoms with van der Waals surface area (Å²) in [6.07, 6.45) is 0.148. The summed E-state index contributed by atoms with van der Waals surface area (Å²) in [5.41, 5.74) is 0. The highest BCUT2D eigenvalue weighted by Gasteiger charge is 2.44. The average Bonchev–Trinajstić information content (AvgIpc) is 2.59. The minimum Gasteiger partial charge on any atom is -0.466 e. The Bertz CT molecular complexity index is 277. The lowest BCUT2D eigenvalue weighted by Gasteiger charge is -2.26. The van der Waals surface area contributed by atoms with Crippen molar-refractivity contribution in [3.8, 4) is 0 Å². The Balaban J connectivity index is 2.74. The molecule has 1 fully saturated rings. The summed E-state index contributed by atoms with van der Waals surface area (Å²) in [4.78, 5) is 11.9. The Morgan fingerprint density at radius 1 is 1.50 bits per heavy atom. The van der Waals surface area contributed by atoms with Crippen LogP contribution in [0.5, 0.6) is 0 Å². The Morgan fingerprint density at radius 2 is 2.17 bits per heavy atom. The monoisotopic (exact) mass is 260 g/mol. The van der Waals surface area contributed by atoms with Crippen LogP contribution in [0.2, 0.25) is 0 Å². The first-order valence-corrected chi connectivity index (χ1v) is 6.57. The molecule has 0 spiro atoms. The fourth-order valence-corrected chi connectivity index (χ4v) is 2.16. The molecule has 1 saturated heterocycles. The second-order valence-corrected chi connectivity index (χ2v) is 5.00. The van der Waals surface area contributed by atoms with E-state index in [1.54, 1.807) is 20.8 Å². The van der Waals surface area contributed by atoms with Gasteiger partial charge >= 0.3 is 5.97 Å². The fraction of sp³-hybridized carbons (Fsp3) is 0.923. The molecule has 0 aromatic heterocycles. The summed E-state index contributed by atoms with van der Waals surface area (Å²) in [5.74, 6) is -1.79. The summed E-state index contributed by atoms with van der Waals surface area (Å²) in [6.45, 7) is 7.89. The molecule has 0 aliphatic carbocycles. The fourth-order valence-electron chi connectivity index (χ4n) is 2.16. The van der Waals surface area contributed by atoms with Crippen molar-refractivity contribution in [2.75, 3.05) is 13.2 Å². The molecule has 1 heterocycles. The van der Waals surface area contributed by atoms with Gasteiger partial charge in [-0.3, -0.25) is 4.79 Å². The van der Waals surface area contributed by atoms with Crippen LogP contribution in [-0.2, 0) is 19.0 Å². The van der Waals surface area contributed by atoms with E-state index in [0.29, 0.717) is 19.6 Å². The van der Waals surface area contributed by atoms with Crippen LogP contribution in [0.3, 0.4) is 0 Å². The number of carbonyl (C=O) groups is 1. The Kier molecular flexibility index (Phi) is 5.56. The van der Waals surface area contributed by atoms with Crippen LogP contribution in [0.4, 0.5) is 0 Å². The van der Waals surface area contributed by atoms with Gasteiger partial charge in [0.05, 0.1) is 19.3 Å². The third kappa shape index (κ3) is 3.93. The number of rotatable bonds is 6. The minimum atomic E-state index is -0.753. The van der Waals surface area contributed by atoms with Crippen molar-refractivity contribution < 1.29 is 24.1 Å². The molecule has 1 unspecified atom stereocenters. The number of ether oxygens (including phenoxy) is 3. The number of hydrogen-bond donors (Lipinski definition) is 1. The van der Waals surface area contributed by atoms with Crippen molar-refractivity contribution in [3.05, 3.63) is 0 Å². The molecule has 3 atom stereocenters. The van der Waals surface area contributed by atoms with E-state index in [1.165, 1.54) is 0 Å². The van der Waals surface area contributed by atoms with E-state index in [-0.39, 0.29) is 0 Å². The van der Waals surface area contributed by atoms with E-state index in [4.69, 9.17) is 14.2 Å². The molecule has 5 nitrogen and oxygen atoms in total. The van der Waals surface area contributed by atoms with Gasteiger partial charge in [-0.05, 0) is 27.2 Å². The molecule has 0 aromatic carbocycles. The number of aliphatic hydroxyl groups is 1. The standard InChI is InChI=1S/C13H24O5/c1-5-7-9(14)11(12(15)16-6-2)10-8-17-13(3,4)18-10/h9-11,14H,5-8H2,1-4H3/t9-,10-,11?/m1/s1. The summed E-state index contributed by atoms with van der Waals surface area (Å²) >= 11 is 0. The van der Waals surface area contributed by atoms with Crippen LogP contribution >= 0.6 is 0 Å². The highest BCUT2D eigenvalue weighted by Crippen LogP contribution is 2.30. The normalized spacial score (nSPS) is 25.7. The van der Waals surface area contributed by atoms with E-state index in [2.05, 4.69) is 0 Å². The van der Waals surface area contributed by atoms with Crippen molar-refractivity contribution in [2.45, 2.75) is 58.5 Å². The van der Waals surface area contributed by atoms with Gasteiger partial charge in [0.15, 0.2) is 5.79 Å². The summed E-state index contributed by atoms with van der Waals surface area (Å²) in [6, 6.07) is 0. The molecule has 0 radical (unpaired) electrons. The first-order valence-electron chi connectivity index (χ1n) is 6.57. The molecular weight excluding hydrogens is 236 g/mol. The molecule has 0 saturated carbocycles. The third-order valence-electron chi connectivity index (χ3n) is 2.99. The van der Waals surface area contributed by atoms with Gasteiger partial charge < -0.3 is 19.3 Å². The van der Waals surface area contributed by atoms with Gasteiger partial charge in [0.1, 0.15) is 12.0 Å².